The smallest absolute Gasteiger partial charge is 0.319 e. The van der Waals surface area contributed by atoms with Gasteiger partial charge in [0.15, 0.2) is 0 Å². The van der Waals surface area contributed by atoms with E-state index in [1.54, 1.807) is 0 Å². The number of nitrogens with one attached hydrogen (secondary N) is 2. The Hall–Kier alpha value is -1.55. The summed E-state index contributed by atoms with van der Waals surface area (Å²) in [6, 6.07) is 8.49. The molecule has 1 aliphatic rings. The van der Waals surface area contributed by atoms with E-state index in [1.165, 1.54) is 24.9 Å². The van der Waals surface area contributed by atoms with Crippen LogP contribution in [0.5, 0.6) is 0 Å². The van der Waals surface area contributed by atoms with Crippen LogP contribution in [0.4, 0.5) is 10.5 Å². The molecule has 4 heteroatoms. The number of benzene rings is 1. The van der Waals surface area contributed by atoms with Gasteiger partial charge in [-0.3, -0.25) is 0 Å². The molecule has 0 radical (unpaired) electrons. The van der Waals surface area contributed by atoms with E-state index in [-0.39, 0.29) is 6.03 Å². The third-order valence-electron chi connectivity index (χ3n) is 4.03. The van der Waals surface area contributed by atoms with Crippen molar-refractivity contribution in [2.45, 2.75) is 38.6 Å². The maximum atomic E-state index is 11.8. The van der Waals surface area contributed by atoms with Crippen LogP contribution in [0.3, 0.4) is 0 Å². The Labute approximate surface area is 121 Å². The predicted molar refractivity (Wildman–Crippen MR) is 83.1 cm³/mol. The van der Waals surface area contributed by atoms with Gasteiger partial charge >= 0.3 is 6.03 Å². The lowest BCUT2D eigenvalue weighted by molar-refractivity contribution is 0.248. The first-order chi connectivity index (χ1) is 9.69. The van der Waals surface area contributed by atoms with Crippen LogP contribution in [-0.2, 0) is 6.42 Å². The third-order valence-corrected chi connectivity index (χ3v) is 4.03. The molecular weight excluding hydrogens is 250 g/mol. The van der Waals surface area contributed by atoms with Crippen molar-refractivity contribution in [1.82, 2.24) is 10.2 Å². The average Bonchev–Trinajstić information content (AvgIpc) is 2.85. The van der Waals surface area contributed by atoms with Crippen molar-refractivity contribution < 1.29 is 4.79 Å². The highest BCUT2D eigenvalue weighted by Crippen LogP contribution is 2.17. The quantitative estimate of drug-likeness (QED) is 0.868. The fraction of sp³-hybridized carbons (Fsp3) is 0.562. The third kappa shape index (κ3) is 4.23. The van der Waals surface area contributed by atoms with Crippen LogP contribution < -0.4 is 10.6 Å². The Morgan fingerprint density at radius 3 is 3.00 bits per heavy atom. The second kappa shape index (κ2) is 7.29. The average molecular weight is 275 g/mol. The first kappa shape index (κ1) is 14.9. The fourth-order valence-corrected chi connectivity index (χ4v) is 2.74. The molecule has 0 aliphatic carbocycles. The van der Waals surface area contributed by atoms with E-state index in [2.05, 4.69) is 35.6 Å². The van der Waals surface area contributed by atoms with E-state index in [4.69, 9.17) is 0 Å². The van der Waals surface area contributed by atoms with Crippen molar-refractivity contribution in [1.29, 1.82) is 0 Å². The van der Waals surface area contributed by atoms with E-state index >= 15 is 0 Å². The van der Waals surface area contributed by atoms with Crippen LogP contribution >= 0.6 is 0 Å². The predicted octanol–water partition coefficient (Wildman–Crippen LogP) is 2.85. The second-order valence-electron chi connectivity index (χ2n) is 5.50. The Morgan fingerprint density at radius 1 is 1.45 bits per heavy atom. The van der Waals surface area contributed by atoms with Crippen molar-refractivity contribution in [2.75, 3.05) is 25.5 Å². The summed E-state index contributed by atoms with van der Waals surface area (Å²) in [4.78, 5) is 14.2. The van der Waals surface area contributed by atoms with Gasteiger partial charge in [-0.25, -0.2) is 4.79 Å². The molecule has 1 aliphatic heterocycles. The molecule has 2 rings (SSSR count). The molecule has 2 amide bonds. The van der Waals surface area contributed by atoms with Crippen LogP contribution in [0, 0.1) is 0 Å². The summed E-state index contributed by atoms with van der Waals surface area (Å²) in [5, 5.41) is 5.83. The molecule has 0 bridgehead atoms. The number of nitrogens with zero attached hydrogens (tertiary/aromatic N) is 1. The van der Waals surface area contributed by atoms with Crippen LogP contribution in [0.15, 0.2) is 24.3 Å². The lowest BCUT2D eigenvalue weighted by Gasteiger charge is -2.19. The van der Waals surface area contributed by atoms with Crippen molar-refractivity contribution >= 4 is 11.7 Å². The monoisotopic (exact) mass is 275 g/mol. The van der Waals surface area contributed by atoms with Gasteiger partial charge in [-0.2, -0.15) is 0 Å². The molecule has 1 atom stereocenters. The number of likely N-dealkylation sites (tertiary alicyclic amines) is 1. The van der Waals surface area contributed by atoms with Gasteiger partial charge in [0, 0.05) is 18.3 Å². The number of aryl methyl sites for hydroxylation is 1. The first-order valence-corrected chi connectivity index (χ1v) is 7.53. The standard InChI is InChI=1S/C16H25N3O/c1-3-13-6-4-7-14(12-13)18-16(20)17-10-9-15-8-5-11-19(15)2/h4,6-7,12,15H,3,5,8-11H2,1-2H3,(H2,17,18,20)/t15-/m1/s1. The zero-order valence-corrected chi connectivity index (χ0v) is 12.5. The second-order valence-corrected chi connectivity index (χ2v) is 5.50. The number of rotatable bonds is 5. The van der Waals surface area contributed by atoms with Gasteiger partial charge in [-0.05, 0) is 57.0 Å². The molecule has 4 nitrogen and oxygen atoms in total. The van der Waals surface area contributed by atoms with Gasteiger partial charge in [-0.1, -0.05) is 19.1 Å². The molecular formula is C16H25N3O. The van der Waals surface area contributed by atoms with Crippen LogP contribution in [0.25, 0.3) is 0 Å². The molecule has 110 valence electrons. The zero-order valence-electron chi connectivity index (χ0n) is 12.5. The van der Waals surface area contributed by atoms with Crippen molar-refractivity contribution in [3.05, 3.63) is 29.8 Å². The van der Waals surface area contributed by atoms with E-state index in [0.717, 1.165) is 25.1 Å². The van der Waals surface area contributed by atoms with E-state index in [1.807, 2.05) is 18.2 Å². The van der Waals surface area contributed by atoms with Crippen molar-refractivity contribution in [2.24, 2.45) is 0 Å². The first-order valence-electron chi connectivity index (χ1n) is 7.53. The van der Waals surface area contributed by atoms with Crippen LogP contribution in [0.1, 0.15) is 31.7 Å². The lowest BCUT2D eigenvalue weighted by atomic mass is 10.1. The Bertz CT molecular complexity index is 447. The minimum atomic E-state index is -0.112. The number of carbonyl (C=O) groups is 1. The molecule has 0 unspecified atom stereocenters. The number of hydrogen-bond acceptors (Lipinski definition) is 2. The summed E-state index contributed by atoms with van der Waals surface area (Å²) in [5.74, 6) is 0. The molecule has 1 fully saturated rings. The maximum Gasteiger partial charge on any atom is 0.319 e. The van der Waals surface area contributed by atoms with Gasteiger partial charge in [0.1, 0.15) is 0 Å². The molecule has 0 aromatic heterocycles. The van der Waals surface area contributed by atoms with Gasteiger partial charge in [0.2, 0.25) is 0 Å². The molecule has 1 aromatic rings. The zero-order chi connectivity index (χ0) is 14.4. The fourth-order valence-electron chi connectivity index (χ4n) is 2.74. The Morgan fingerprint density at radius 2 is 2.30 bits per heavy atom. The minimum absolute atomic E-state index is 0.112. The highest BCUT2D eigenvalue weighted by molar-refractivity contribution is 5.89. The van der Waals surface area contributed by atoms with Gasteiger partial charge in [0.05, 0.1) is 0 Å². The Balaban J connectivity index is 1.72. The lowest BCUT2D eigenvalue weighted by Crippen LogP contribution is -2.34. The van der Waals surface area contributed by atoms with Crippen LogP contribution in [0.2, 0.25) is 0 Å². The molecule has 1 aromatic carbocycles. The van der Waals surface area contributed by atoms with Gasteiger partial charge in [0.25, 0.3) is 0 Å². The summed E-state index contributed by atoms with van der Waals surface area (Å²) in [6.07, 6.45) is 4.53. The summed E-state index contributed by atoms with van der Waals surface area (Å²) >= 11 is 0. The summed E-state index contributed by atoms with van der Waals surface area (Å²) in [6.45, 7) is 4.02. The largest absolute Gasteiger partial charge is 0.338 e. The van der Waals surface area contributed by atoms with E-state index < -0.39 is 0 Å². The summed E-state index contributed by atoms with van der Waals surface area (Å²) in [7, 11) is 2.16. The molecule has 20 heavy (non-hydrogen) atoms. The number of hydrogen-bond donors (Lipinski definition) is 2. The summed E-state index contributed by atoms with van der Waals surface area (Å²) in [5.41, 5.74) is 2.09. The van der Waals surface area contributed by atoms with E-state index in [0.29, 0.717) is 6.04 Å². The number of amides is 2. The summed E-state index contributed by atoms with van der Waals surface area (Å²) < 4.78 is 0. The van der Waals surface area contributed by atoms with Crippen LogP contribution in [-0.4, -0.2) is 37.1 Å². The molecule has 0 spiro atoms. The SMILES string of the molecule is CCc1cccc(NC(=O)NCC[C@H]2CCCN2C)c1. The highest BCUT2D eigenvalue weighted by Gasteiger charge is 2.20. The van der Waals surface area contributed by atoms with Crippen molar-refractivity contribution in [3.63, 3.8) is 0 Å². The topological polar surface area (TPSA) is 44.4 Å². The van der Waals surface area contributed by atoms with Crippen molar-refractivity contribution in [3.8, 4) is 0 Å². The molecule has 1 heterocycles. The minimum Gasteiger partial charge on any atom is -0.338 e. The normalized spacial score (nSPS) is 19.0. The van der Waals surface area contributed by atoms with Gasteiger partial charge in [-0.15, -0.1) is 0 Å². The van der Waals surface area contributed by atoms with E-state index in [9.17, 15) is 4.79 Å². The maximum absolute atomic E-state index is 11.8. The molecule has 1 saturated heterocycles. The molecule has 2 N–H and O–H groups in total. The number of carbonyl (C=O) groups excluding carboxylic acids is 1. The Kier molecular flexibility index (Phi) is 5.41. The highest BCUT2D eigenvalue weighted by atomic mass is 16.2. The number of urea groups is 1. The number of anilines is 1. The molecule has 0 saturated carbocycles. The van der Waals surface area contributed by atoms with Gasteiger partial charge < -0.3 is 15.5 Å².